The second-order valence-corrected chi connectivity index (χ2v) is 7.81. The van der Waals surface area contributed by atoms with Crippen LogP contribution in [0.5, 0.6) is 0 Å². The molecule has 0 unspecified atom stereocenters. The van der Waals surface area contributed by atoms with Crippen LogP contribution in [0, 0.1) is 13.8 Å². The van der Waals surface area contributed by atoms with E-state index in [0.717, 1.165) is 50.6 Å². The number of hydrogen-bond acceptors (Lipinski definition) is 4. The van der Waals surface area contributed by atoms with Gasteiger partial charge in [0.25, 0.3) is 0 Å². The number of aryl methyl sites for hydroxylation is 2. The summed E-state index contributed by atoms with van der Waals surface area (Å²) in [7, 11) is 3.85. The maximum absolute atomic E-state index is 4.49. The first-order chi connectivity index (χ1) is 12.6. The topological polar surface area (TPSA) is 57.5 Å². The van der Waals surface area contributed by atoms with Crippen molar-refractivity contribution >= 4 is 46.3 Å². The highest BCUT2D eigenvalue weighted by Gasteiger charge is 2.20. The Morgan fingerprint density at radius 1 is 1.33 bits per heavy atom. The van der Waals surface area contributed by atoms with Crippen molar-refractivity contribution in [1.29, 1.82) is 0 Å². The van der Waals surface area contributed by atoms with Crippen LogP contribution >= 0.6 is 35.3 Å². The zero-order valence-corrected chi connectivity index (χ0v) is 19.8. The summed E-state index contributed by atoms with van der Waals surface area (Å²) < 4.78 is 1.96. The molecule has 3 rings (SSSR count). The summed E-state index contributed by atoms with van der Waals surface area (Å²) in [6.07, 6.45) is 3.24. The highest BCUT2D eigenvalue weighted by Crippen LogP contribution is 2.24. The Labute approximate surface area is 183 Å². The van der Waals surface area contributed by atoms with E-state index < -0.39 is 0 Å². The monoisotopic (exact) mass is 502 g/mol. The molecule has 1 aliphatic heterocycles. The van der Waals surface area contributed by atoms with E-state index in [2.05, 4.69) is 57.0 Å². The van der Waals surface area contributed by atoms with E-state index in [4.69, 9.17) is 0 Å². The number of guanidine groups is 1. The molecule has 2 aromatic rings. The number of thiophene rings is 1. The number of piperidine rings is 1. The molecule has 27 heavy (non-hydrogen) atoms. The van der Waals surface area contributed by atoms with Gasteiger partial charge in [0.15, 0.2) is 5.96 Å². The van der Waals surface area contributed by atoms with E-state index in [9.17, 15) is 0 Å². The number of halogens is 1. The largest absolute Gasteiger partial charge is 0.363 e. The van der Waals surface area contributed by atoms with Gasteiger partial charge in [-0.1, -0.05) is 0 Å². The third-order valence-electron chi connectivity index (χ3n) is 5.20. The van der Waals surface area contributed by atoms with Gasteiger partial charge in [-0.2, -0.15) is 5.10 Å². The Hall–Kier alpha value is -1.29. The molecule has 0 radical (unpaired) electrons. The molecule has 1 saturated heterocycles. The Kier molecular flexibility index (Phi) is 8.40. The first kappa shape index (κ1) is 22.0. The zero-order valence-electron chi connectivity index (χ0n) is 16.7. The third-order valence-corrected chi connectivity index (χ3v) is 6.13. The fraction of sp³-hybridized carbons (Fsp3) is 0.579. The molecule has 0 aliphatic carbocycles. The summed E-state index contributed by atoms with van der Waals surface area (Å²) in [6, 6.07) is 4.82. The van der Waals surface area contributed by atoms with Crippen molar-refractivity contribution in [3.05, 3.63) is 34.5 Å². The van der Waals surface area contributed by atoms with Crippen molar-refractivity contribution in [2.24, 2.45) is 12.0 Å². The van der Waals surface area contributed by atoms with Gasteiger partial charge < -0.3 is 15.5 Å². The minimum Gasteiger partial charge on any atom is -0.363 e. The molecule has 2 N–H and O–H groups in total. The minimum atomic E-state index is 0. The van der Waals surface area contributed by atoms with Gasteiger partial charge in [0.2, 0.25) is 0 Å². The van der Waals surface area contributed by atoms with Crippen LogP contribution in [-0.4, -0.2) is 48.5 Å². The summed E-state index contributed by atoms with van der Waals surface area (Å²) in [5.41, 5.74) is 3.70. The summed E-state index contributed by atoms with van der Waals surface area (Å²) in [5.74, 6) is 0.902. The summed E-state index contributed by atoms with van der Waals surface area (Å²) in [6.45, 7) is 7.27. The van der Waals surface area contributed by atoms with E-state index in [1.165, 1.54) is 16.3 Å². The van der Waals surface area contributed by atoms with E-state index >= 15 is 0 Å². The maximum Gasteiger partial charge on any atom is 0.191 e. The van der Waals surface area contributed by atoms with E-state index in [0.29, 0.717) is 6.04 Å². The van der Waals surface area contributed by atoms with Gasteiger partial charge in [-0.25, -0.2) is 0 Å². The fourth-order valence-electron chi connectivity index (χ4n) is 3.57. The molecular formula is C19H31IN6S. The molecule has 0 amide bonds. The molecule has 1 aliphatic rings. The lowest BCUT2D eigenvalue weighted by molar-refractivity contribution is 0.463. The molecule has 0 bridgehead atoms. The highest BCUT2D eigenvalue weighted by molar-refractivity contribution is 14.0. The van der Waals surface area contributed by atoms with E-state index in [1.54, 1.807) is 0 Å². The Bertz CT molecular complexity index is 732. The molecule has 2 aromatic heterocycles. The SMILES string of the molecule is CN=C(NCCc1c(C)nn(C)c1C)NC1CCN(c2cccs2)CC1.I. The highest BCUT2D eigenvalue weighted by atomic mass is 127. The maximum atomic E-state index is 4.49. The molecule has 150 valence electrons. The van der Waals surface area contributed by atoms with Crippen LogP contribution in [0.2, 0.25) is 0 Å². The Morgan fingerprint density at radius 3 is 2.63 bits per heavy atom. The normalized spacial score (nSPS) is 15.6. The standard InChI is InChI=1S/C19H30N6S.HI/c1-14-17(15(2)24(4)23-14)7-10-21-19(20-3)22-16-8-11-25(12-9-16)18-6-5-13-26-18;/h5-6,13,16H,7-12H2,1-4H3,(H2,20,21,22);1H. The molecule has 1 fully saturated rings. The minimum absolute atomic E-state index is 0. The predicted octanol–water partition coefficient (Wildman–Crippen LogP) is 3.09. The van der Waals surface area contributed by atoms with Gasteiger partial charge in [0.05, 0.1) is 10.7 Å². The Morgan fingerprint density at radius 2 is 2.07 bits per heavy atom. The summed E-state index contributed by atoms with van der Waals surface area (Å²) >= 11 is 1.82. The fourth-order valence-corrected chi connectivity index (χ4v) is 4.35. The second-order valence-electron chi connectivity index (χ2n) is 6.88. The first-order valence-electron chi connectivity index (χ1n) is 9.33. The number of anilines is 1. The van der Waals surface area contributed by atoms with Gasteiger partial charge >= 0.3 is 0 Å². The molecule has 0 spiro atoms. The number of nitrogens with one attached hydrogen (secondary N) is 2. The van der Waals surface area contributed by atoms with E-state index in [1.807, 2.05) is 30.1 Å². The number of rotatable bonds is 5. The van der Waals surface area contributed by atoms with Crippen molar-refractivity contribution in [1.82, 2.24) is 20.4 Å². The molecule has 0 atom stereocenters. The van der Waals surface area contributed by atoms with Crippen LogP contribution < -0.4 is 15.5 Å². The Balaban J connectivity index is 0.00000261. The zero-order chi connectivity index (χ0) is 18.5. The van der Waals surface area contributed by atoms with Crippen LogP contribution in [0.1, 0.15) is 29.8 Å². The van der Waals surface area contributed by atoms with Crippen molar-refractivity contribution in [2.45, 2.75) is 39.2 Å². The molecule has 0 aromatic carbocycles. The quantitative estimate of drug-likeness (QED) is 0.375. The lowest BCUT2D eigenvalue weighted by Crippen LogP contribution is -2.49. The predicted molar refractivity (Wildman–Crippen MR) is 126 cm³/mol. The second kappa shape index (κ2) is 10.3. The van der Waals surface area contributed by atoms with Crippen molar-refractivity contribution < 1.29 is 0 Å². The van der Waals surface area contributed by atoms with Crippen molar-refractivity contribution in [2.75, 3.05) is 31.6 Å². The van der Waals surface area contributed by atoms with Crippen LogP contribution in [0.15, 0.2) is 22.5 Å². The van der Waals surface area contributed by atoms with Gasteiger partial charge in [0.1, 0.15) is 0 Å². The van der Waals surface area contributed by atoms with Crippen molar-refractivity contribution in [3.8, 4) is 0 Å². The number of aromatic nitrogens is 2. The summed E-state index contributed by atoms with van der Waals surface area (Å²) in [4.78, 5) is 6.87. The van der Waals surface area contributed by atoms with Crippen molar-refractivity contribution in [3.63, 3.8) is 0 Å². The molecule has 3 heterocycles. The molecular weight excluding hydrogens is 471 g/mol. The van der Waals surface area contributed by atoms with Crippen LogP contribution in [0.4, 0.5) is 5.00 Å². The lowest BCUT2D eigenvalue weighted by Gasteiger charge is -2.33. The van der Waals surface area contributed by atoms with Crippen LogP contribution in [0.3, 0.4) is 0 Å². The van der Waals surface area contributed by atoms with Gasteiger partial charge in [-0.3, -0.25) is 9.67 Å². The molecule has 8 heteroatoms. The third kappa shape index (κ3) is 5.60. The lowest BCUT2D eigenvalue weighted by atomic mass is 10.1. The van der Waals surface area contributed by atoms with Gasteiger partial charge in [0, 0.05) is 45.5 Å². The van der Waals surface area contributed by atoms with Gasteiger partial charge in [-0.15, -0.1) is 35.3 Å². The van der Waals surface area contributed by atoms with Gasteiger partial charge in [-0.05, 0) is 56.2 Å². The van der Waals surface area contributed by atoms with Crippen LogP contribution in [-0.2, 0) is 13.5 Å². The molecule has 6 nitrogen and oxygen atoms in total. The average Bonchev–Trinajstić information content (AvgIpc) is 3.25. The summed E-state index contributed by atoms with van der Waals surface area (Å²) in [5, 5.41) is 15.1. The number of nitrogens with zero attached hydrogens (tertiary/aromatic N) is 4. The number of aliphatic imine (C=N–C) groups is 1. The van der Waals surface area contributed by atoms with E-state index in [-0.39, 0.29) is 24.0 Å². The molecule has 0 saturated carbocycles. The number of hydrogen-bond donors (Lipinski definition) is 2. The average molecular weight is 502 g/mol. The smallest absolute Gasteiger partial charge is 0.191 e. The first-order valence-corrected chi connectivity index (χ1v) is 10.2. The van der Waals surface area contributed by atoms with Crippen LogP contribution in [0.25, 0.3) is 0 Å².